The maximum atomic E-state index is 12.7. The van der Waals surface area contributed by atoms with Gasteiger partial charge in [-0.2, -0.15) is 0 Å². The standard InChI is InChI=1S/C13H19FN2/c1-16(10-13-3-2-8-15-13)9-11-4-6-12(14)7-5-11/h4-7,13,15H,2-3,8-10H2,1H3. The lowest BCUT2D eigenvalue weighted by Gasteiger charge is -2.21. The van der Waals surface area contributed by atoms with Crippen molar-refractivity contribution < 1.29 is 4.39 Å². The van der Waals surface area contributed by atoms with Crippen LogP contribution in [0.25, 0.3) is 0 Å². The van der Waals surface area contributed by atoms with Crippen LogP contribution in [0.15, 0.2) is 24.3 Å². The van der Waals surface area contributed by atoms with Gasteiger partial charge in [0.15, 0.2) is 0 Å². The minimum Gasteiger partial charge on any atom is -0.313 e. The minimum atomic E-state index is -0.163. The summed E-state index contributed by atoms with van der Waals surface area (Å²) < 4.78 is 12.7. The Morgan fingerprint density at radius 1 is 1.38 bits per heavy atom. The second-order valence-corrected chi connectivity index (χ2v) is 4.62. The van der Waals surface area contributed by atoms with Gasteiger partial charge in [0, 0.05) is 19.1 Å². The van der Waals surface area contributed by atoms with E-state index in [4.69, 9.17) is 0 Å². The third kappa shape index (κ3) is 3.29. The van der Waals surface area contributed by atoms with E-state index in [1.54, 1.807) is 0 Å². The van der Waals surface area contributed by atoms with Crippen LogP contribution in [0.4, 0.5) is 4.39 Å². The molecule has 0 aliphatic carbocycles. The number of benzene rings is 1. The molecule has 88 valence electrons. The van der Waals surface area contributed by atoms with E-state index >= 15 is 0 Å². The van der Waals surface area contributed by atoms with Gasteiger partial charge in [-0.3, -0.25) is 0 Å². The second kappa shape index (κ2) is 5.41. The van der Waals surface area contributed by atoms with Gasteiger partial charge in [-0.05, 0) is 44.1 Å². The molecule has 1 aliphatic heterocycles. The number of nitrogens with zero attached hydrogens (tertiary/aromatic N) is 1. The van der Waals surface area contributed by atoms with Gasteiger partial charge in [0.1, 0.15) is 5.82 Å². The Balaban J connectivity index is 1.81. The third-order valence-electron chi connectivity index (χ3n) is 3.06. The van der Waals surface area contributed by atoms with Crippen LogP contribution < -0.4 is 5.32 Å². The number of likely N-dealkylation sites (N-methyl/N-ethyl adjacent to an activating group) is 1. The molecule has 0 aromatic heterocycles. The number of rotatable bonds is 4. The molecule has 1 aliphatic rings. The molecule has 1 aromatic rings. The van der Waals surface area contributed by atoms with Gasteiger partial charge >= 0.3 is 0 Å². The van der Waals surface area contributed by atoms with Crippen molar-refractivity contribution in [1.29, 1.82) is 0 Å². The van der Waals surface area contributed by atoms with Crippen molar-refractivity contribution in [2.24, 2.45) is 0 Å². The van der Waals surface area contributed by atoms with E-state index in [-0.39, 0.29) is 5.82 Å². The van der Waals surface area contributed by atoms with Crippen LogP contribution in [0.3, 0.4) is 0 Å². The van der Waals surface area contributed by atoms with Gasteiger partial charge in [0.2, 0.25) is 0 Å². The summed E-state index contributed by atoms with van der Waals surface area (Å²) in [5.74, 6) is -0.163. The molecule has 0 amide bonds. The Kier molecular flexibility index (Phi) is 3.91. The number of nitrogens with one attached hydrogen (secondary N) is 1. The van der Waals surface area contributed by atoms with Gasteiger partial charge in [0.25, 0.3) is 0 Å². The largest absolute Gasteiger partial charge is 0.313 e. The quantitative estimate of drug-likeness (QED) is 0.838. The summed E-state index contributed by atoms with van der Waals surface area (Å²) in [6.45, 7) is 3.10. The van der Waals surface area contributed by atoms with Gasteiger partial charge in [-0.1, -0.05) is 12.1 Å². The van der Waals surface area contributed by atoms with E-state index in [0.717, 1.165) is 19.6 Å². The number of hydrogen-bond donors (Lipinski definition) is 1. The molecule has 2 rings (SSSR count). The normalized spacial score (nSPS) is 20.6. The van der Waals surface area contributed by atoms with E-state index in [9.17, 15) is 4.39 Å². The SMILES string of the molecule is CN(Cc1ccc(F)cc1)CC1CCCN1. The third-order valence-corrected chi connectivity index (χ3v) is 3.06. The number of hydrogen-bond acceptors (Lipinski definition) is 2. The predicted octanol–water partition coefficient (Wildman–Crippen LogP) is 2.01. The molecular weight excluding hydrogens is 203 g/mol. The Labute approximate surface area is 96.5 Å². The van der Waals surface area contributed by atoms with E-state index < -0.39 is 0 Å². The van der Waals surface area contributed by atoms with Crippen molar-refractivity contribution in [2.45, 2.75) is 25.4 Å². The summed E-state index contributed by atoms with van der Waals surface area (Å²) in [4.78, 5) is 2.29. The highest BCUT2D eigenvalue weighted by Crippen LogP contribution is 2.09. The second-order valence-electron chi connectivity index (χ2n) is 4.62. The molecule has 0 bridgehead atoms. The number of halogens is 1. The van der Waals surface area contributed by atoms with E-state index in [1.165, 1.54) is 30.5 Å². The molecular formula is C13H19FN2. The van der Waals surface area contributed by atoms with Crippen molar-refractivity contribution in [3.8, 4) is 0 Å². The summed E-state index contributed by atoms with van der Waals surface area (Å²) in [5, 5.41) is 3.48. The van der Waals surface area contributed by atoms with Crippen LogP contribution in [0.1, 0.15) is 18.4 Å². The van der Waals surface area contributed by atoms with Gasteiger partial charge in [-0.15, -0.1) is 0 Å². The zero-order chi connectivity index (χ0) is 11.4. The molecule has 2 nitrogen and oxygen atoms in total. The maximum Gasteiger partial charge on any atom is 0.123 e. The highest BCUT2D eigenvalue weighted by Gasteiger charge is 2.15. The van der Waals surface area contributed by atoms with Gasteiger partial charge in [-0.25, -0.2) is 4.39 Å². The maximum absolute atomic E-state index is 12.7. The molecule has 1 atom stereocenters. The van der Waals surface area contributed by atoms with Crippen molar-refractivity contribution in [3.63, 3.8) is 0 Å². The monoisotopic (exact) mass is 222 g/mol. The lowest BCUT2D eigenvalue weighted by Crippen LogP contribution is -2.34. The Morgan fingerprint density at radius 3 is 2.75 bits per heavy atom. The lowest BCUT2D eigenvalue weighted by molar-refractivity contribution is 0.293. The van der Waals surface area contributed by atoms with Gasteiger partial charge < -0.3 is 10.2 Å². The average Bonchev–Trinajstić information content (AvgIpc) is 2.74. The molecule has 1 saturated heterocycles. The average molecular weight is 222 g/mol. The molecule has 1 unspecified atom stereocenters. The van der Waals surface area contributed by atoms with Crippen LogP contribution in [0.5, 0.6) is 0 Å². The highest BCUT2D eigenvalue weighted by molar-refractivity contribution is 5.15. The van der Waals surface area contributed by atoms with Crippen LogP contribution in [-0.4, -0.2) is 31.1 Å². The summed E-state index contributed by atoms with van der Waals surface area (Å²) in [7, 11) is 2.11. The van der Waals surface area contributed by atoms with Crippen molar-refractivity contribution >= 4 is 0 Å². The van der Waals surface area contributed by atoms with Crippen molar-refractivity contribution in [1.82, 2.24) is 10.2 Å². The first-order valence-electron chi connectivity index (χ1n) is 5.90. The Hall–Kier alpha value is -0.930. The first kappa shape index (κ1) is 11.6. The summed E-state index contributed by atoms with van der Waals surface area (Å²) in [6, 6.07) is 7.39. The van der Waals surface area contributed by atoms with Crippen LogP contribution >= 0.6 is 0 Å². The van der Waals surface area contributed by atoms with E-state index in [1.807, 2.05) is 12.1 Å². The van der Waals surface area contributed by atoms with Crippen molar-refractivity contribution in [3.05, 3.63) is 35.6 Å². The molecule has 0 radical (unpaired) electrons. The Morgan fingerprint density at radius 2 is 2.12 bits per heavy atom. The first-order valence-corrected chi connectivity index (χ1v) is 5.90. The molecule has 3 heteroatoms. The molecule has 1 fully saturated rings. The fraction of sp³-hybridized carbons (Fsp3) is 0.538. The summed E-state index contributed by atoms with van der Waals surface area (Å²) in [5.41, 5.74) is 1.17. The molecule has 1 N–H and O–H groups in total. The minimum absolute atomic E-state index is 0.163. The first-order chi connectivity index (χ1) is 7.74. The molecule has 0 spiro atoms. The smallest absolute Gasteiger partial charge is 0.123 e. The fourth-order valence-corrected chi connectivity index (χ4v) is 2.25. The van der Waals surface area contributed by atoms with Crippen LogP contribution in [0.2, 0.25) is 0 Å². The summed E-state index contributed by atoms with van der Waals surface area (Å²) in [6.07, 6.45) is 2.56. The highest BCUT2D eigenvalue weighted by atomic mass is 19.1. The van der Waals surface area contributed by atoms with Crippen LogP contribution in [-0.2, 0) is 6.54 Å². The van der Waals surface area contributed by atoms with Gasteiger partial charge in [0.05, 0.1) is 0 Å². The molecule has 0 saturated carbocycles. The summed E-state index contributed by atoms with van der Waals surface area (Å²) >= 11 is 0. The predicted molar refractivity (Wildman–Crippen MR) is 63.8 cm³/mol. The van der Waals surface area contributed by atoms with E-state index in [0.29, 0.717) is 6.04 Å². The lowest BCUT2D eigenvalue weighted by atomic mass is 10.2. The topological polar surface area (TPSA) is 15.3 Å². The van der Waals surface area contributed by atoms with Crippen molar-refractivity contribution in [2.75, 3.05) is 20.1 Å². The molecule has 16 heavy (non-hydrogen) atoms. The van der Waals surface area contributed by atoms with E-state index in [2.05, 4.69) is 17.3 Å². The zero-order valence-electron chi connectivity index (χ0n) is 9.75. The Bertz CT molecular complexity index is 317. The zero-order valence-corrected chi connectivity index (χ0v) is 9.75. The van der Waals surface area contributed by atoms with Crippen LogP contribution in [0, 0.1) is 5.82 Å². The molecule has 1 aromatic carbocycles. The fourth-order valence-electron chi connectivity index (χ4n) is 2.25. The molecule has 1 heterocycles.